The van der Waals surface area contributed by atoms with Gasteiger partial charge in [-0.05, 0) is 22.3 Å². The van der Waals surface area contributed by atoms with E-state index in [-0.39, 0.29) is 44.5 Å². The number of amides is 1. The monoisotopic (exact) mass is 505 g/mol. The number of ether oxygens (including phenoxy) is 1. The van der Waals surface area contributed by atoms with Gasteiger partial charge in [0.1, 0.15) is 12.1 Å². The van der Waals surface area contributed by atoms with E-state index < -0.39 is 11.9 Å². The van der Waals surface area contributed by atoms with Crippen LogP contribution in [0.5, 0.6) is 0 Å². The summed E-state index contributed by atoms with van der Waals surface area (Å²) >= 11 is 6.67. The SMILES string of the molecule is Br.O=C(Nc1nc2cnc(Cl)c(F)c2s1)OCC1c2ccccc2-c2ccccc21. The van der Waals surface area contributed by atoms with E-state index in [1.165, 1.54) is 6.20 Å². The first kappa shape index (κ1) is 20.7. The van der Waals surface area contributed by atoms with Crippen molar-refractivity contribution in [1.82, 2.24) is 9.97 Å². The molecule has 0 unspecified atom stereocenters. The van der Waals surface area contributed by atoms with Crippen LogP contribution in [-0.4, -0.2) is 22.7 Å². The lowest BCUT2D eigenvalue weighted by Gasteiger charge is -2.14. The number of halogens is 3. The van der Waals surface area contributed by atoms with Crippen LogP contribution in [0.1, 0.15) is 17.0 Å². The highest BCUT2D eigenvalue weighted by molar-refractivity contribution is 8.93. The summed E-state index contributed by atoms with van der Waals surface area (Å²) < 4.78 is 19.7. The smallest absolute Gasteiger partial charge is 0.413 e. The molecule has 2 heterocycles. The lowest BCUT2D eigenvalue weighted by molar-refractivity contribution is 0.158. The maximum atomic E-state index is 14.0. The quantitative estimate of drug-likeness (QED) is 0.326. The molecule has 1 N–H and O–H groups in total. The van der Waals surface area contributed by atoms with Gasteiger partial charge in [-0.1, -0.05) is 71.5 Å². The number of carbonyl (C=O) groups is 1. The van der Waals surface area contributed by atoms with Crippen molar-refractivity contribution < 1.29 is 13.9 Å². The molecule has 30 heavy (non-hydrogen) atoms. The average molecular weight is 507 g/mol. The molecule has 9 heteroatoms. The summed E-state index contributed by atoms with van der Waals surface area (Å²) in [5.74, 6) is -0.689. The molecule has 0 aliphatic heterocycles. The van der Waals surface area contributed by atoms with E-state index in [2.05, 4.69) is 27.4 Å². The van der Waals surface area contributed by atoms with E-state index in [0.717, 1.165) is 33.6 Å². The zero-order chi connectivity index (χ0) is 20.0. The van der Waals surface area contributed by atoms with Crippen molar-refractivity contribution in [3.63, 3.8) is 0 Å². The Morgan fingerprint density at radius 1 is 1.13 bits per heavy atom. The zero-order valence-corrected chi connectivity index (χ0v) is 18.5. The minimum absolute atomic E-state index is 0. The maximum Gasteiger partial charge on any atom is 0.413 e. The molecule has 2 aromatic heterocycles. The van der Waals surface area contributed by atoms with Crippen LogP contribution in [0.2, 0.25) is 5.15 Å². The number of aromatic nitrogens is 2. The van der Waals surface area contributed by atoms with E-state index in [1.54, 1.807) is 0 Å². The highest BCUT2D eigenvalue weighted by atomic mass is 79.9. The molecule has 0 spiro atoms. The highest BCUT2D eigenvalue weighted by Crippen LogP contribution is 2.44. The largest absolute Gasteiger partial charge is 0.448 e. The van der Waals surface area contributed by atoms with Crippen LogP contribution >= 0.6 is 39.9 Å². The number of nitrogens with zero attached hydrogens (tertiary/aromatic N) is 2. The summed E-state index contributed by atoms with van der Waals surface area (Å²) in [7, 11) is 0. The van der Waals surface area contributed by atoms with E-state index >= 15 is 0 Å². The number of anilines is 1. The van der Waals surface area contributed by atoms with Crippen molar-refractivity contribution in [3.05, 3.63) is 76.8 Å². The molecule has 0 saturated heterocycles. The molecule has 4 aromatic rings. The Labute approximate surface area is 190 Å². The minimum Gasteiger partial charge on any atom is -0.448 e. The van der Waals surface area contributed by atoms with Gasteiger partial charge < -0.3 is 4.74 Å². The third-order valence-electron chi connectivity index (χ3n) is 4.89. The minimum atomic E-state index is -0.651. The highest BCUT2D eigenvalue weighted by Gasteiger charge is 2.29. The van der Waals surface area contributed by atoms with E-state index in [9.17, 15) is 9.18 Å². The second-order valence-corrected chi connectivity index (χ2v) is 7.90. The molecule has 0 bridgehead atoms. The summed E-state index contributed by atoms with van der Waals surface area (Å²) in [5, 5.41) is 2.55. The lowest BCUT2D eigenvalue weighted by atomic mass is 9.98. The molecule has 152 valence electrons. The number of rotatable bonds is 3. The van der Waals surface area contributed by atoms with Crippen LogP contribution in [0.4, 0.5) is 14.3 Å². The maximum absolute atomic E-state index is 14.0. The Morgan fingerprint density at radius 3 is 2.43 bits per heavy atom. The first-order valence-corrected chi connectivity index (χ1v) is 10.0. The first-order valence-electron chi connectivity index (χ1n) is 8.84. The van der Waals surface area contributed by atoms with Crippen LogP contribution in [0, 0.1) is 5.82 Å². The van der Waals surface area contributed by atoms with Crippen LogP contribution in [0.15, 0.2) is 54.7 Å². The summed E-state index contributed by atoms with van der Waals surface area (Å²) in [6.45, 7) is 0.187. The third kappa shape index (κ3) is 3.55. The van der Waals surface area contributed by atoms with Gasteiger partial charge in [0, 0.05) is 5.92 Å². The van der Waals surface area contributed by atoms with Crippen molar-refractivity contribution in [2.75, 3.05) is 11.9 Å². The fraction of sp³-hybridized carbons (Fsp3) is 0.0952. The van der Waals surface area contributed by atoms with Gasteiger partial charge in [0.2, 0.25) is 0 Å². The van der Waals surface area contributed by atoms with Crippen molar-refractivity contribution in [3.8, 4) is 11.1 Å². The fourth-order valence-electron chi connectivity index (χ4n) is 3.62. The van der Waals surface area contributed by atoms with Gasteiger partial charge in [0.15, 0.2) is 16.1 Å². The lowest BCUT2D eigenvalue weighted by Crippen LogP contribution is -2.17. The molecule has 5 nitrogen and oxygen atoms in total. The predicted octanol–water partition coefficient (Wildman–Crippen LogP) is 6.42. The van der Waals surface area contributed by atoms with E-state index in [1.807, 2.05) is 36.4 Å². The fourth-order valence-corrected chi connectivity index (χ4v) is 4.68. The standard InChI is InChI=1S/C21H13ClFN3O2S.BrH/c22-19-17(23)18-16(9-24-19)25-20(29-18)26-21(27)28-10-15-13-7-3-1-5-11(13)12-6-2-4-8-14(12)15;/h1-9,15H,10H2,(H,25,26,27);1H. The Morgan fingerprint density at radius 2 is 1.77 bits per heavy atom. The molecule has 0 radical (unpaired) electrons. The van der Waals surface area contributed by atoms with Crippen LogP contribution in [0.25, 0.3) is 21.3 Å². The van der Waals surface area contributed by atoms with Gasteiger partial charge in [-0.3, -0.25) is 5.32 Å². The number of fused-ring (bicyclic) bond motifs is 4. The molecule has 1 aliphatic rings. The predicted molar refractivity (Wildman–Crippen MR) is 121 cm³/mol. The Bertz CT molecular complexity index is 1220. The summed E-state index contributed by atoms with van der Waals surface area (Å²) in [6.07, 6.45) is 0.713. The van der Waals surface area contributed by atoms with Crippen molar-refractivity contribution >= 4 is 61.4 Å². The van der Waals surface area contributed by atoms with Gasteiger partial charge in [0.25, 0.3) is 0 Å². The summed E-state index contributed by atoms with van der Waals surface area (Å²) in [5.41, 5.74) is 4.89. The molecule has 1 amide bonds. The van der Waals surface area contributed by atoms with Gasteiger partial charge in [-0.15, -0.1) is 17.0 Å². The third-order valence-corrected chi connectivity index (χ3v) is 6.13. The number of hydrogen-bond donors (Lipinski definition) is 1. The molecule has 5 rings (SSSR count). The molecule has 0 fully saturated rings. The molecular formula is C21H14BrClFN3O2S. The van der Waals surface area contributed by atoms with Gasteiger partial charge in [-0.2, -0.15) is 0 Å². The molecular weight excluding hydrogens is 493 g/mol. The normalized spacial score (nSPS) is 12.2. The number of carbonyl (C=O) groups excluding carboxylic acids is 1. The molecule has 0 saturated carbocycles. The number of pyridine rings is 1. The van der Waals surface area contributed by atoms with Gasteiger partial charge >= 0.3 is 6.09 Å². The van der Waals surface area contributed by atoms with Crippen molar-refractivity contribution in [2.24, 2.45) is 0 Å². The Kier molecular flexibility index (Phi) is 5.73. The van der Waals surface area contributed by atoms with Gasteiger partial charge in [-0.25, -0.2) is 19.2 Å². The average Bonchev–Trinajstić information content (AvgIpc) is 3.28. The van der Waals surface area contributed by atoms with Crippen LogP contribution < -0.4 is 5.32 Å². The molecule has 0 atom stereocenters. The van der Waals surface area contributed by atoms with Crippen LogP contribution in [-0.2, 0) is 4.74 Å². The zero-order valence-electron chi connectivity index (χ0n) is 15.3. The second-order valence-electron chi connectivity index (χ2n) is 6.55. The first-order chi connectivity index (χ1) is 14.1. The number of thiazole rings is 1. The molecule has 2 aromatic carbocycles. The van der Waals surface area contributed by atoms with Crippen molar-refractivity contribution in [1.29, 1.82) is 0 Å². The van der Waals surface area contributed by atoms with Gasteiger partial charge in [0.05, 0.1) is 10.9 Å². The van der Waals surface area contributed by atoms with E-state index in [4.69, 9.17) is 16.3 Å². The van der Waals surface area contributed by atoms with Crippen molar-refractivity contribution in [2.45, 2.75) is 5.92 Å². The Balaban J connectivity index is 0.00000218. The van der Waals surface area contributed by atoms with Crippen LogP contribution in [0.3, 0.4) is 0 Å². The van der Waals surface area contributed by atoms with E-state index in [0.29, 0.717) is 5.52 Å². The number of nitrogens with one attached hydrogen (secondary N) is 1. The topological polar surface area (TPSA) is 64.1 Å². The Hall–Kier alpha value is -2.55. The number of benzene rings is 2. The second kappa shape index (κ2) is 8.29. The molecule has 1 aliphatic carbocycles. The summed E-state index contributed by atoms with van der Waals surface area (Å²) in [4.78, 5) is 20.2. The summed E-state index contributed by atoms with van der Waals surface area (Å²) in [6, 6.07) is 16.2. The number of hydrogen-bond acceptors (Lipinski definition) is 5.